The summed E-state index contributed by atoms with van der Waals surface area (Å²) in [6.07, 6.45) is 1.52. The number of nitrogens with one attached hydrogen (secondary N) is 1. The quantitative estimate of drug-likeness (QED) is 0.264. The monoisotopic (exact) mass is 603 g/mol. The number of nitrogens with zero attached hydrogens (tertiary/aromatic N) is 5. The van der Waals surface area contributed by atoms with E-state index in [1.807, 2.05) is 13.8 Å². The van der Waals surface area contributed by atoms with Gasteiger partial charge in [0, 0.05) is 32.6 Å². The molecule has 1 aliphatic heterocycles. The zero-order chi connectivity index (χ0) is 29.0. The number of fused-ring (bicyclic) bond motifs is 1. The minimum absolute atomic E-state index is 0. The molecule has 17 heteroatoms. The number of imidazole rings is 1. The van der Waals surface area contributed by atoms with Gasteiger partial charge in [-0.1, -0.05) is 13.8 Å². The molecular weight excluding hydrogens is 565 g/mol. The first-order valence-corrected chi connectivity index (χ1v) is 15.5. The van der Waals surface area contributed by atoms with Crippen LogP contribution in [0.2, 0.25) is 0 Å². The highest BCUT2D eigenvalue weighted by Gasteiger charge is 2.29. The highest BCUT2D eigenvalue weighted by atomic mass is 32.2. The normalized spacial score (nSPS) is 14.9. The molecule has 224 valence electrons. The molecule has 0 spiro atoms. The smallest absolute Gasteiger partial charge is 0.277 e. The van der Waals surface area contributed by atoms with E-state index in [1.165, 1.54) is 4.31 Å². The fourth-order valence-corrected chi connectivity index (χ4v) is 5.76. The first-order valence-electron chi connectivity index (χ1n) is 12.5. The molecule has 0 bridgehead atoms. The highest BCUT2D eigenvalue weighted by Crippen LogP contribution is 2.31. The molecule has 1 fully saturated rings. The van der Waals surface area contributed by atoms with Crippen molar-refractivity contribution >= 4 is 23.4 Å². The number of benzene rings is 1. The van der Waals surface area contributed by atoms with Gasteiger partial charge < -0.3 is 35.5 Å². The van der Waals surface area contributed by atoms with Crippen LogP contribution in [0.25, 0.3) is 16.9 Å². The molecule has 3 aromatic rings. The van der Waals surface area contributed by atoms with E-state index in [4.69, 9.17) is 24.0 Å². The number of H-pyrrole nitrogens is 1. The average Bonchev–Trinajstić information content (AvgIpc) is 3.19. The van der Waals surface area contributed by atoms with Crippen LogP contribution in [0.5, 0.6) is 5.75 Å². The number of phosphoric acid groups is 1. The van der Waals surface area contributed by atoms with Crippen molar-refractivity contribution in [3.05, 3.63) is 40.1 Å². The zero-order valence-electron chi connectivity index (χ0n) is 23.3. The number of likely N-dealkylation sites (N-methyl/N-ethyl adjacent to an activating group) is 1. The molecule has 1 saturated heterocycles. The number of quaternary nitrogens is 1. The van der Waals surface area contributed by atoms with E-state index < -0.39 is 17.8 Å². The van der Waals surface area contributed by atoms with Crippen molar-refractivity contribution in [3.8, 4) is 17.1 Å². The van der Waals surface area contributed by atoms with E-state index in [-0.39, 0.29) is 22.4 Å². The van der Waals surface area contributed by atoms with Crippen LogP contribution in [0.1, 0.15) is 38.7 Å². The van der Waals surface area contributed by atoms with E-state index in [9.17, 15) is 13.2 Å². The summed E-state index contributed by atoms with van der Waals surface area (Å²) in [6.45, 7) is 11.3. The Kier molecular flexibility index (Phi) is 11.5. The van der Waals surface area contributed by atoms with E-state index >= 15 is 0 Å². The lowest BCUT2D eigenvalue weighted by molar-refractivity contribution is -0.214. The largest absolute Gasteiger partial charge is 0.756 e. The van der Waals surface area contributed by atoms with Crippen molar-refractivity contribution in [2.75, 3.05) is 39.3 Å². The number of rotatable bonds is 8. The van der Waals surface area contributed by atoms with Crippen LogP contribution in [-0.2, 0) is 21.0 Å². The predicted octanol–water partition coefficient (Wildman–Crippen LogP) is 0.886. The number of ether oxygens (including phenoxy) is 1. The topological polar surface area (TPSA) is 230 Å². The number of aromatic amines is 1. The lowest BCUT2D eigenvalue weighted by atomic mass is 10.2. The van der Waals surface area contributed by atoms with Gasteiger partial charge in [0.15, 0.2) is 11.3 Å². The molecule has 2 aromatic heterocycles. The Hall–Kier alpha value is -2.69. The summed E-state index contributed by atoms with van der Waals surface area (Å²) in [5.41, 5.74) is 1.09. The minimum Gasteiger partial charge on any atom is -0.756 e. The summed E-state index contributed by atoms with van der Waals surface area (Å²) < 4.78 is 44.4. The van der Waals surface area contributed by atoms with Crippen LogP contribution in [0.3, 0.4) is 0 Å². The van der Waals surface area contributed by atoms with Gasteiger partial charge in [0.05, 0.1) is 22.8 Å². The predicted molar refractivity (Wildman–Crippen MR) is 148 cm³/mol. The Morgan fingerprint density at radius 2 is 1.77 bits per heavy atom. The SMILES string of the molecule is CCCc1nc(C)c2c(=O)[nH]c(-c3cc(S(=O)(=O)N4CCN(CC)CC4)ccc3OCC)nn12.O=P([O-])(O)O.[NH4+]. The summed E-state index contributed by atoms with van der Waals surface area (Å²) in [6, 6.07) is 4.72. The third-order valence-corrected chi connectivity index (χ3v) is 8.03. The molecule has 0 aliphatic carbocycles. The van der Waals surface area contributed by atoms with E-state index in [0.29, 0.717) is 67.6 Å². The maximum atomic E-state index is 13.4. The number of hydrogen-bond acceptors (Lipinski definition) is 9. The maximum absolute atomic E-state index is 13.4. The Morgan fingerprint density at radius 3 is 2.33 bits per heavy atom. The fourth-order valence-electron chi connectivity index (χ4n) is 4.31. The number of piperazine rings is 1. The van der Waals surface area contributed by atoms with Crippen molar-refractivity contribution < 1.29 is 32.4 Å². The molecule has 1 aliphatic rings. The fraction of sp³-hybridized carbons (Fsp3) is 0.522. The van der Waals surface area contributed by atoms with Gasteiger partial charge in [0.2, 0.25) is 10.0 Å². The highest BCUT2D eigenvalue weighted by molar-refractivity contribution is 7.89. The van der Waals surface area contributed by atoms with Gasteiger partial charge in [-0.05, 0) is 45.0 Å². The standard InChI is InChI=1S/C23H32N6O4S.H3N.H3O4P/c1-5-8-20-24-16(4)21-23(30)25-22(26-29(20)21)18-15-17(9-10-19(18)33-7-3)34(31,32)28-13-11-27(6-2)12-14-28;;1-5(2,3)4/h9-10,15H,5-8,11-14H2,1-4H3,(H,25,26,30);1H3;(H3,1,2,3,4). The van der Waals surface area contributed by atoms with Gasteiger partial charge >= 0.3 is 0 Å². The first-order chi connectivity index (χ1) is 18.3. The lowest BCUT2D eigenvalue weighted by Gasteiger charge is -2.33. The summed E-state index contributed by atoms with van der Waals surface area (Å²) in [5.74, 6) is 1.38. The van der Waals surface area contributed by atoms with E-state index in [2.05, 4.69) is 26.9 Å². The third-order valence-electron chi connectivity index (χ3n) is 6.14. The first kappa shape index (κ1) is 33.5. The van der Waals surface area contributed by atoms with Crippen LogP contribution in [-0.4, -0.2) is 86.3 Å². The Labute approximate surface area is 232 Å². The average molecular weight is 604 g/mol. The van der Waals surface area contributed by atoms with Crippen molar-refractivity contribution in [3.63, 3.8) is 0 Å². The second-order valence-electron chi connectivity index (χ2n) is 8.85. The molecular formula is C23H38N7O8PS. The van der Waals surface area contributed by atoms with E-state index in [0.717, 1.165) is 13.0 Å². The van der Waals surface area contributed by atoms with E-state index in [1.54, 1.807) is 29.6 Å². The van der Waals surface area contributed by atoms with Gasteiger partial charge in [0.25, 0.3) is 13.4 Å². The molecule has 40 heavy (non-hydrogen) atoms. The second kappa shape index (κ2) is 13.8. The van der Waals surface area contributed by atoms with Gasteiger partial charge in [-0.25, -0.2) is 17.9 Å². The van der Waals surface area contributed by atoms with Gasteiger partial charge in [-0.2, -0.15) is 4.31 Å². The Bertz CT molecular complexity index is 1500. The minimum atomic E-state index is -4.89. The number of hydrogen-bond donors (Lipinski definition) is 4. The third kappa shape index (κ3) is 7.95. The molecule has 3 heterocycles. The zero-order valence-corrected chi connectivity index (χ0v) is 25.0. The number of sulfonamides is 1. The molecule has 0 atom stereocenters. The molecule has 0 amide bonds. The van der Waals surface area contributed by atoms with Crippen molar-refractivity contribution in [2.24, 2.45) is 0 Å². The molecule has 1 aromatic carbocycles. The Balaban J connectivity index is 0.000000858. The van der Waals surface area contributed by atoms with Gasteiger partial charge in [-0.15, -0.1) is 5.10 Å². The lowest BCUT2D eigenvalue weighted by Crippen LogP contribution is -2.48. The molecule has 4 rings (SSSR count). The van der Waals surface area contributed by atoms with Crippen LogP contribution in [0.4, 0.5) is 0 Å². The van der Waals surface area contributed by atoms with Crippen molar-refractivity contribution in [1.82, 2.24) is 34.9 Å². The van der Waals surface area contributed by atoms with Gasteiger partial charge in [-0.3, -0.25) is 9.36 Å². The molecule has 0 saturated carbocycles. The maximum Gasteiger partial charge on any atom is 0.277 e. The van der Waals surface area contributed by atoms with Crippen molar-refractivity contribution in [1.29, 1.82) is 0 Å². The molecule has 0 unspecified atom stereocenters. The summed E-state index contributed by atoms with van der Waals surface area (Å²) >= 11 is 0. The van der Waals surface area contributed by atoms with Gasteiger partial charge in [0.1, 0.15) is 11.6 Å². The number of aromatic nitrogens is 4. The second-order valence-corrected chi connectivity index (χ2v) is 11.8. The summed E-state index contributed by atoms with van der Waals surface area (Å²) in [7, 11) is -8.60. The molecule has 0 radical (unpaired) electrons. The van der Waals surface area contributed by atoms with Crippen LogP contribution >= 0.6 is 7.82 Å². The summed E-state index contributed by atoms with van der Waals surface area (Å²) in [5, 5.41) is 4.65. The number of aryl methyl sites for hydroxylation is 2. The molecule has 15 nitrogen and oxygen atoms in total. The van der Waals surface area contributed by atoms with Crippen LogP contribution in [0.15, 0.2) is 27.9 Å². The molecule has 7 N–H and O–H groups in total. The van der Waals surface area contributed by atoms with Crippen LogP contribution < -0.4 is 21.3 Å². The van der Waals surface area contributed by atoms with Crippen molar-refractivity contribution in [2.45, 2.75) is 45.4 Å². The Morgan fingerprint density at radius 1 is 1.15 bits per heavy atom. The summed E-state index contributed by atoms with van der Waals surface area (Å²) in [4.78, 5) is 45.6. The van der Waals surface area contributed by atoms with Crippen LogP contribution in [0, 0.1) is 6.92 Å².